The summed E-state index contributed by atoms with van der Waals surface area (Å²) in [6.07, 6.45) is 1.18. The zero-order chi connectivity index (χ0) is 15.3. The van der Waals surface area contributed by atoms with E-state index < -0.39 is 21.6 Å². The van der Waals surface area contributed by atoms with Gasteiger partial charge in [0.2, 0.25) is 0 Å². The predicted octanol–water partition coefficient (Wildman–Crippen LogP) is 1.62. The molecule has 0 aliphatic carbocycles. The summed E-state index contributed by atoms with van der Waals surface area (Å²) in [5.41, 5.74) is 0.0801. The smallest absolute Gasteiger partial charge is 0.169 e. The van der Waals surface area contributed by atoms with Crippen molar-refractivity contribution in [3.05, 3.63) is 35.6 Å². The van der Waals surface area contributed by atoms with Gasteiger partial charge in [0.05, 0.1) is 11.3 Å². The van der Waals surface area contributed by atoms with E-state index in [1.807, 2.05) is 0 Å². The maximum absolute atomic E-state index is 13.5. The number of benzene rings is 1. The summed E-state index contributed by atoms with van der Waals surface area (Å²) in [6, 6.07) is 5.88. The second-order valence-electron chi connectivity index (χ2n) is 5.14. The fraction of sp³-hybridized carbons (Fsp3) is 0.500. The van der Waals surface area contributed by atoms with Crippen LogP contribution in [0.1, 0.15) is 17.3 Å². The lowest BCUT2D eigenvalue weighted by Gasteiger charge is -2.20. The normalized spacial score (nSPS) is 13.4. The Labute approximate surface area is 119 Å². The first-order chi connectivity index (χ1) is 9.20. The quantitative estimate of drug-likeness (QED) is 0.718. The highest BCUT2D eigenvalue weighted by atomic mass is 32.2. The van der Waals surface area contributed by atoms with Crippen molar-refractivity contribution < 1.29 is 17.6 Å². The van der Waals surface area contributed by atoms with E-state index in [0.717, 1.165) is 0 Å². The van der Waals surface area contributed by atoms with Gasteiger partial charge in [-0.2, -0.15) is 0 Å². The molecule has 4 nitrogen and oxygen atoms in total. The van der Waals surface area contributed by atoms with Crippen LogP contribution in [0.5, 0.6) is 0 Å². The highest BCUT2D eigenvalue weighted by molar-refractivity contribution is 7.90. The molecule has 0 aromatic heterocycles. The molecular weight excluding hydrogens is 281 g/mol. The molecule has 1 rings (SSSR count). The van der Waals surface area contributed by atoms with E-state index in [2.05, 4.69) is 0 Å². The first-order valence-corrected chi connectivity index (χ1v) is 8.42. The van der Waals surface area contributed by atoms with E-state index in [-0.39, 0.29) is 17.1 Å². The van der Waals surface area contributed by atoms with Gasteiger partial charge < -0.3 is 4.90 Å². The number of rotatable bonds is 7. The van der Waals surface area contributed by atoms with Gasteiger partial charge in [-0.05, 0) is 19.2 Å². The number of hydrogen-bond donors (Lipinski definition) is 0. The van der Waals surface area contributed by atoms with E-state index in [1.165, 1.54) is 24.5 Å². The van der Waals surface area contributed by atoms with Crippen LogP contribution in [-0.4, -0.2) is 51.2 Å². The second kappa shape index (κ2) is 6.95. The molecule has 20 heavy (non-hydrogen) atoms. The molecule has 0 fully saturated rings. The molecule has 6 heteroatoms. The topological polar surface area (TPSA) is 54.5 Å². The van der Waals surface area contributed by atoms with Crippen molar-refractivity contribution >= 4 is 15.6 Å². The van der Waals surface area contributed by atoms with Crippen molar-refractivity contribution in [2.24, 2.45) is 5.92 Å². The molecule has 0 heterocycles. The van der Waals surface area contributed by atoms with Gasteiger partial charge in [0.15, 0.2) is 5.78 Å². The van der Waals surface area contributed by atoms with Gasteiger partial charge in [-0.1, -0.05) is 19.1 Å². The van der Waals surface area contributed by atoms with E-state index in [1.54, 1.807) is 24.9 Å². The molecular formula is C14H20FNO3S. The molecule has 0 bridgehead atoms. The third kappa shape index (κ3) is 5.38. The number of carbonyl (C=O) groups excluding carboxylic acids is 1. The van der Waals surface area contributed by atoms with Crippen LogP contribution in [0.15, 0.2) is 24.3 Å². The third-order valence-corrected chi connectivity index (χ3v) is 3.94. The van der Waals surface area contributed by atoms with Crippen molar-refractivity contribution in [3.8, 4) is 0 Å². The first kappa shape index (κ1) is 16.8. The van der Waals surface area contributed by atoms with Gasteiger partial charge in [-0.3, -0.25) is 4.79 Å². The SMILES string of the molecule is CC(CN(C)CCS(C)(=O)=O)C(=O)c1ccccc1F. The van der Waals surface area contributed by atoms with Gasteiger partial charge in [0, 0.05) is 25.3 Å². The van der Waals surface area contributed by atoms with E-state index in [9.17, 15) is 17.6 Å². The highest BCUT2D eigenvalue weighted by Crippen LogP contribution is 2.13. The number of carbonyl (C=O) groups is 1. The highest BCUT2D eigenvalue weighted by Gasteiger charge is 2.20. The minimum absolute atomic E-state index is 0.0457. The number of nitrogens with zero attached hydrogens (tertiary/aromatic N) is 1. The third-order valence-electron chi connectivity index (χ3n) is 3.02. The summed E-state index contributed by atoms with van der Waals surface area (Å²) in [7, 11) is -1.27. The fourth-order valence-electron chi connectivity index (χ4n) is 1.89. The van der Waals surface area contributed by atoms with Crippen LogP contribution >= 0.6 is 0 Å². The molecule has 0 amide bonds. The van der Waals surface area contributed by atoms with Crippen molar-refractivity contribution in [1.82, 2.24) is 4.90 Å². The molecule has 1 atom stereocenters. The molecule has 112 valence electrons. The van der Waals surface area contributed by atoms with E-state index in [0.29, 0.717) is 13.1 Å². The van der Waals surface area contributed by atoms with Crippen molar-refractivity contribution in [2.75, 3.05) is 32.1 Å². The van der Waals surface area contributed by atoms with Gasteiger partial charge in [-0.25, -0.2) is 12.8 Å². The lowest BCUT2D eigenvalue weighted by molar-refractivity contribution is 0.0901. The number of Topliss-reactive ketones (excluding diaryl/α,β-unsaturated/α-hetero) is 1. The average Bonchev–Trinajstić information content (AvgIpc) is 2.35. The zero-order valence-corrected chi connectivity index (χ0v) is 12.8. The summed E-state index contributed by atoms with van der Waals surface area (Å²) in [5.74, 6) is -1.14. The Morgan fingerprint density at radius 1 is 1.35 bits per heavy atom. The molecule has 0 radical (unpaired) electrons. The second-order valence-corrected chi connectivity index (χ2v) is 7.40. The molecule has 0 N–H and O–H groups in total. The van der Waals surface area contributed by atoms with Gasteiger partial charge in [0.1, 0.15) is 15.7 Å². The van der Waals surface area contributed by atoms with Crippen LogP contribution in [0.25, 0.3) is 0 Å². The maximum Gasteiger partial charge on any atom is 0.169 e. The average molecular weight is 301 g/mol. The lowest BCUT2D eigenvalue weighted by atomic mass is 9.98. The first-order valence-electron chi connectivity index (χ1n) is 6.35. The van der Waals surface area contributed by atoms with Gasteiger partial charge in [-0.15, -0.1) is 0 Å². The molecule has 0 saturated carbocycles. The fourth-order valence-corrected chi connectivity index (χ4v) is 2.53. The summed E-state index contributed by atoms with van der Waals surface area (Å²) >= 11 is 0. The molecule has 0 aliphatic heterocycles. The van der Waals surface area contributed by atoms with Crippen LogP contribution < -0.4 is 0 Å². The summed E-state index contributed by atoms with van der Waals surface area (Å²) < 4.78 is 35.7. The number of hydrogen-bond acceptors (Lipinski definition) is 4. The molecule has 1 unspecified atom stereocenters. The Bertz CT molecular complexity index is 572. The van der Waals surface area contributed by atoms with Crippen molar-refractivity contribution in [2.45, 2.75) is 6.92 Å². The summed E-state index contributed by atoms with van der Waals surface area (Å²) in [5, 5.41) is 0. The standard InChI is InChI=1S/C14H20FNO3S/c1-11(10-16(2)8-9-20(3,18)19)14(17)12-6-4-5-7-13(12)15/h4-7,11H,8-10H2,1-3H3. The zero-order valence-electron chi connectivity index (χ0n) is 12.0. The van der Waals surface area contributed by atoms with Crippen molar-refractivity contribution in [3.63, 3.8) is 0 Å². The summed E-state index contributed by atoms with van der Waals surface area (Å²) in [4.78, 5) is 13.9. The number of halogens is 1. The number of sulfone groups is 1. The van der Waals surface area contributed by atoms with Gasteiger partial charge in [0.25, 0.3) is 0 Å². The molecule has 1 aromatic carbocycles. The van der Waals surface area contributed by atoms with Gasteiger partial charge >= 0.3 is 0 Å². The minimum atomic E-state index is -3.02. The molecule has 0 aliphatic rings. The van der Waals surface area contributed by atoms with Crippen LogP contribution in [0.4, 0.5) is 4.39 Å². The minimum Gasteiger partial charge on any atom is -0.305 e. The Kier molecular flexibility index (Phi) is 5.83. The Hall–Kier alpha value is -1.27. The molecule has 1 aromatic rings. The number of ketones is 1. The van der Waals surface area contributed by atoms with E-state index >= 15 is 0 Å². The predicted molar refractivity (Wildman–Crippen MR) is 77.1 cm³/mol. The Balaban J connectivity index is 2.60. The van der Waals surface area contributed by atoms with Crippen LogP contribution in [0.3, 0.4) is 0 Å². The van der Waals surface area contributed by atoms with E-state index in [4.69, 9.17) is 0 Å². The Morgan fingerprint density at radius 2 is 1.95 bits per heavy atom. The largest absolute Gasteiger partial charge is 0.305 e. The van der Waals surface area contributed by atoms with Crippen LogP contribution in [0.2, 0.25) is 0 Å². The Morgan fingerprint density at radius 3 is 2.50 bits per heavy atom. The molecule has 0 spiro atoms. The lowest BCUT2D eigenvalue weighted by Crippen LogP contribution is -2.32. The van der Waals surface area contributed by atoms with Crippen molar-refractivity contribution in [1.29, 1.82) is 0 Å². The van der Waals surface area contributed by atoms with Crippen LogP contribution in [-0.2, 0) is 9.84 Å². The van der Waals surface area contributed by atoms with Crippen LogP contribution in [0, 0.1) is 11.7 Å². The summed E-state index contributed by atoms with van der Waals surface area (Å²) in [6.45, 7) is 2.46. The maximum atomic E-state index is 13.5. The monoisotopic (exact) mass is 301 g/mol. The molecule has 0 saturated heterocycles.